The van der Waals surface area contributed by atoms with Crippen molar-refractivity contribution in [3.05, 3.63) is 29.8 Å². The molecule has 0 saturated carbocycles. The number of rotatable bonds is 2. The number of anilines is 1. The number of likely N-dealkylation sites (tertiary alicyclic amines) is 1. The van der Waals surface area contributed by atoms with Gasteiger partial charge in [0.25, 0.3) is 5.91 Å². The highest BCUT2D eigenvalue weighted by molar-refractivity contribution is 6.06. The van der Waals surface area contributed by atoms with Gasteiger partial charge in [-0.05, 0) is 62.4 Å². The normalized spacial score (nSPS) is 22.7. The monoisotopic (exact) mass is 370 g/mol. The highest BCUT2D eigenvalue weighted by Gasteiger charge is 2.37. The molecule has 27 heavy (non-hydrogen) atoms. The molecule has 3 heterocycles. The van der Waals surface area contributed by atoms with Gasteiger partial charge >= 0.3 is 6.03 Å². The lowest BCUT2D eigenvalue weighted by Crippen LogP contribution is -2.49. The van der Waals surface area contributed by atoms with Crippen LogP contribution in [0.2, 0.25) is 0 Å². The second-order valence-corrected chi connectivity index (χ2v) is 7.85. The van der Waals surface area contributed by atoms with Crippen LogP contribution in [-0.2, 0) is 4.79 Å². The standard InChI is InChI=1S/C20H26N4O3/c25-17-4-11-24(19(27)22-17)16-3-1-2-15(14-16)18(26)23-12-7-20(8-13-23)5-9-21-10-6-20/h1-3,14,21H,4-13H2,(H,22,25,27). The molecule has 4 rings (SSSR count). The van der Waals surface area contributed by atoms with E-state index in [-0.39, 0.29) is 18.2 Å². The summed E-state index contributed by atoms with van der Waals surface area (Å²) in [7, 11) is 0. The molecular weight excluding hydrogens is 344 g/mol. The van der Waals surface area contributed by atoms with E-state index in [1.807, 2.05) is 4.90 Å². The van der Waals surface area contributed by atoms with Crippen LogP contribution in [0.1, 0.15) is 42.5 Å². The van der Waals surface area contributed by atoms with Gasteiger partial charge in [-0.25, -0.2) is 4.79 Å². The first-order valence-electron chi connectivity index (χ1n) is 9.78. The first-order valence-corrected chi connectivity index (χ1v) is 9.78. The number of urea groups is 1. The van der Waals surface area contributed by atoms with Crippen LogP contribution in [0.15, 0.2) is 24.3 Å². The summed E-state index contributed by atoms with van der Waals surface area (Å²) in [5.41, 5.74) is 1.65. The third-order valence-electron chi connectivity index (χ3n) is 6.23. The van der Waals surface area contributed by atoms with Gasteiger partial charge in [-0.2, -0.15) is 0 Å². The number of carbonyl (C=O) groups is 3. The molecule has 3 aliphatic heterocycles. The van der Waals surface area contributed by atoms with Gasteiger partial charge in [-0.15, -0.1) is 0 Å². The second kappa shape index (κ2) is 7.31. The molecule has 0 atom stereocenters. The molecule has 3 aliphatic rings. The van der Waals surface area contributed by atoms with Crippen molar-refractivity contribution < 1.29 is 14.4 Å². The largest absolute Gasteiger partial charge is 0.339 e. The Kier molecular flexibility index (Phi) is 4.86. The molecular formula is C20H26N4O3. The SMILES string of the molecule is O=C1CCN(c2cccc(C(=O)N3CCC4(CCNCC4)CC3)c2)C(=O)N1. The Balaban J connectivity index is 1.44. The minimum atomic E-state index is -0.429. The van der Waals surface area contributed by atoms with Gasteiger partial charge in [0.1, 0.15) is 0 Å². The quantitative estimate of drug-likeness (QED) is 0.831. The molecule has 1 spiro atoms. The van der Waals surface area contributed by atoms with Gasteiger partial charge in [-0.1, -0.05) is 6.07 Å². The van der Waals surface area contributed by atoms with E-state index in [0.717, 1.165) is 39.0 Å². The molecule has 0 aliphatic carbocycles. The van der Waals surface area contributed by atoms with E-state index >= 15 is 0 Å². The Bertz CT molecular complexity index is 747. The Morgan fingerprint density at radius 1 is 1.00 bits per heavy atom. The molecule has 0 aromatic heterocycles. The maximum Gasteiger partial charge on any atom is 0.328 e. The second-order valence-electron chi connectivity index (χ2n) is 7.85. The number of imide groups is 1. The Morgan fingerprint density at radius 3 is 2.44 bits per heavy atom. The lowest BCUT2D eigenvalue weighted by atomic mass is 9.71. The molecule has 0 radical (unpaired) electrons. The summed E-state index contributed by atoms with van der Waals surface area (Å²) in [5, 5.41) is 5.74. The number of amides is 4. The number of hydrogen-bond donors (Lipinski definition) is 2. The minimum absolute atomic E-state index is 0.0223. The van der Waals surface area contributed by atoms with Crippen LogP contribution in [0.5, 0.6) is 0 Å². The summed E-state index contributed by atoms with van der Waals surface area (Å²) >= 11 is 0. The van der Waals surface area contributed by atoms with Crippen molar-refractivity contribution in [2.45, 2.75) is 32.1 Å². The molecule has 0 unspecified atom stereocenters. The molecule has 1 aromatic carbocycles. The van der Waals surface area contributed by atoms with Crippen LogP contribution in [0.25, 0.3) is 0 Å². The van der Waals surface area contributed by atoms with Gasteiger partial charge in [0.15, 0.2) is 0 Å². The summed E-state index contributed by atoms with van der Waals surface area (Å²) < 4.78 is 0. The Hall–Kier alpha value is -2.41. The molecule has 144 valence electrons. The maximum absolute atomic E-state index is 13.0. The fourth-order valence-corrected chi connectivity index (χ4v) is 4.44. The highest BCUT2D eigenvalue weighted by Crippen LogP contribution is 2.39. The van der Waals surface area contributed by atoms with E-state index < -0.39 is 6.03 Å². The number of hydrogen-bond acceptors (Lipinski definition) is 4. The lowest BCUT2D eigenvalue weighted by Gasteiger charge is -2.44. The van der Waals surface area contributed by atoms with Crippen LogP contribution in [0, 0.1) is 5.41 Å². The molecule has 7 nitrogen and oxygen atoms in total. The van der Waals surface area contributed by atoms with E-state index in [4.69, 9.17) is 0 Å². The third kappa shape index (κ3) is 3.69. The first-order chi connectivity index (χ1) is 13.1. The van der Waals surface area contributed by atoms with Crippen molar-refractivity contribution in [3.63, 3.8) is 0 Å². The molecule has 0 bridgehead atoms. The van der Waals surface area contributed by atoms with E-state index in [9.17, 15) is 14.4 Å². The summed E-state index contributed by atoms with van der Waals surface area (Å²) in [4.78, 5) is 39.8. The van der Waals surface area contributed by atoms with Crippen LogP contribution in [0.4, 0.5) is 10.5 Å². The van der Waals surface area contributed by atoms with Crippen LogP contribution < -0.4 is 15.5 Å². The van der Waals surface area contributed by atoms with Gasteiger partial charge in [0.05, 0.1) is 0 Å². The van der Waals surface area contributed by atoms with E-state index in [1.54, 1.807) is 24.3 Å². The number of nitrogens with zero attached hydrogens (tertiary/aromatic N) is 2. The molecule has 3 fully saturated rings. The molecule has 1 aromatic rings. The summed E-state index contributed by atoms with van der Waals surface area (Å²) in [6, 6.07) is 6.72. The predicted molar refractivity (Wildman–Crippen MR) is 102 cm³/mol. The smallest absolute Gasteiger partial charge is 0.328 e. The number of carbonyl (C=O) groups excluding carboxylic acids is 3. The van der Waals surface area contributed by atoms with Crippen LogP contribution >= 0.6 is 0 Å². The van der Waals surface area contributed by atoms with Crippen molar-refractivity contribution in [1.29, 1.82) is 0 Å². The van der Waals surface area contributed by atoms with Crippen molar-refractivity contribution >= 4 is 23.5 Å². The topological polar surface area (TPSA) is 81.8 Å². The van der Waals surface area contributed by atoms with E-state index in [1.165, 1.54) is 17.7 Å². The summed E-state index contributed by atoms with van der Waals surface area (Å²) in [6.07, 6.45) is 4.81. The zero-order valence-corrected chi connectivity index (χ0v) is 15.5. The predicted octanol–water partition coefficient (Wildman–Crippen LogP) is 1.74. The molecule has 7 heteroatoms. The fourth-order valence-electron chi connectivity index (χ4n) is 4.44. The number of nitrogens with one attached hydrogen (secondary N) is 2. The van der Waals surface area contributed by atoms with Crippen molar-refractivity contribution in [3.8, 4) is 0 Å². The average Bonchev–Trinajstić information content (AvgIpc) is 2.69. The van der Waals surface area contributed by atoms with Gasteiger partial charge in [0.2, 0.25) is 5.91 Å². The molecule has 4 amide bonds. The maximum atomic E-state index is 13.0. The number of benzene rings is 1. The molecule has 2 N–H and O–H groups in total. The fraction of sp³-hybridized carbons (Fsp3) is 0.550. The zero-order chi connectivity index (χ0) is 18.9. The van der Waals surface area contributed by atoms with Gasteiger partial charge in [0, 0.05) is 37.3 Å². The van der Waals surface area contributed by atoms with Crippen molar-refractivity contribution in [1.82, 2.24) is 15.5 Å². The highest BCUT2D eigenvalue weighted by atomic mass is 16.2. The van der Waals surface area contributed by atoms with Crippen LogP contribution in [-0.4, -0.2) is 55.5 Å². The molecule has 3 saturated heterocycles. The first kappa shape index (κ1) is 18.0. The Labute approximate surface area is 159 Å². The van der Waals surface area contributed by atoms with Crippen LogP contribution in [0.3, 0.4) is 0 Å². The van der Waals surface area contributed by atoms with E-state index in [2.05, 4.69) is 10.6 Å². The summed E-state index contributed by atoms with van der Waals surface area (Å²) in [6.45, 7) is 4.08. The van der Waals surface area contributed by atoms with Crippen molar-refractivity contribution in [2.75, 3.05) is 37.6 Å². The van der Waals surface area contributed by atoms with Gasteiger partial charge < -0.3 is 10.2 Å². The van der Waals surface area contributed by atoms with Gasteiger partial charge in [-0.3, -0.25) is 19.8 Å². The summed E-state index contributed by atoms with van der Waals surface area (Å²) in [5.74, 6) is -0.238. The third-order valence-corrected chi connectivity index (χ3v) is 6.23. The minimum Gasteiger partial charge on any atom is -0.339 e. The van der Waals surface area contributed by atoms with E-state index in [0.29, 0.717) is 23.2 Å². The lowest BCUT2D eigenvalue weighted by molar-refractivity contribution is -0.120. The Morgan fingerprint density at radius 2 is 1.74 bits per heavy atom. The van der Waals surface area contributed by atoms with Crippen molar-refractivity contribution in [2.24, 2.45) is 5.41 Å². The average molecular weight is 370 g/mol. The number of piperidine rings is 2. The zero-order valence-electron chi connectivity index (χ0n) is 15.5.